The van der Waals surface area contributed by atoms with Crippen LogP contribution in [-0.4, -0.2) is 17.3 Å². The number of anilines is 2. The van der Waals surface area contributed by atoms with Gasteiger partial charge in [-0.05, 0) is 66.4 Å². The van der Waals surface area contributed by atoms with Crippen LogP contribution in [0.4, 0.5) is 20.6 Å². The molecule has 4 aromatic rings. The second kappa shape index (κ2) is 7.78. The Bertz CT molecular complexity index is 1140. The van der Waals surface area contributed by atoms with Gasteiger partial charge >= 0.3 is 6.03 Å². The predicted molar refractivity (Wildman–Crippen MR) is 115 cm³/mol. The Kier molecular flexibility index (Phi) is 5.04. The number of benzene rings is 3. The molecule has 4 rings (SSSR count). The Hall–Kier alpha value is -3.25. The first-order chi connectivity index (χ1) is 13.6. The van der Waals surface area contributed by atoms with Gasteiger partial charge in [-0.1, -0.05) is 18.2 Å². The van der Waals surface area contributed by atoms with Gasteiger partial charge in [-0.25, -0.2) is 9.18 Å². The number of carbonyl (C=O) groups is 1. The fourth-order valence-corrected chi connectivity index (χ4v) is 3.45. The summed E-state index contributed by atoms with van der Waals surface area (Å²) in [6.07, 6.45) is 1.99. The highest BCUT2D eigenvalue weighted by molar-refractivity contribution is 7.98. The number of carbonyl (C=O) groups excluding carboxylic acids is 1. The highest BCUT2D eigenvalue weighted by atomic mass is 32.2. The molecule has 3 aromatic carbocycles. The van der Waals surface area contributed by atoms with Crippen molar-refractivity contribution >= 4 is 40.1 Å². The molecule has 1 aromatic heterocycles. The second-order valence-electron chi connectivity index (χ2n) is 6.30. The summed E-state index contributed by atoms with van der Waals surface area (Å²) in [4.78, 5) is 16.6. The number of H-pyrrole nitrogens is 1. The first kappa shape index (κ1) is 18.1. The van der Waals surface area contributed by atoms with Gasteiger partial charge in [0.05, 0.1) is 0 Å². The van der Waals surface area contributed by atoms with Crippen molar-refractivity contribution < 1.29 is 9.18 Å². The summed E-state index contributed by atoms with van der Waals surface area (Å²) in [5.41, 5.74) is 4.15. The van der Waals surface area contributed by atoms with E-state index in [1.54, 1.807) is 17.8 Å². The maximum absolute atomic E-state index is 13.4. The molecule has 0 radical (unpaired) electrons. The SMILES string of the molecule is CSc1cccc(NC(=O)Nc2ccc(-c3cc4cc(F)ccc4[nH]3)cc2)c1. The molecule has 0 aliphatic carbocycles. The van der Waals surface area contributed by atoms with Crippen LogP contribution < -0.4 is 10.6 Å². The third-order valence-corrected chi connectivity index (χ3v) is 5.09. The molecule has 140 valence electrons. The minimum Gasteiger partial charge on any atom is -0.355 e. The number of urea groups is 1. The zero-order chi connectivity index (χ0) is 19.5. The summed E-state index contributed by atoms with van der Waals surface area (Å²) in [5.74, 6) is -0.258. The third kappa shape index (κ3) is 4.02. The predicted octanol–water partition coefficient (Wildman–Crippen LogP) is 6.34. The number of thioether (sulfide) groups is 1. The van der Waals surface area contributed by atoms with Gasteiger partial charge in [0.2, 0.25) is 0 Å². The van der Waals surface area contributed by atoms with Crippen LogP contribution in [0.15, 0.2) is 77.7 Å². The largest absolute Gasteiger partial charge is 0.355 e. The molecule has 0 unspecified atom stereocenters. The van der Waals surface area contributed by atoms with Gasteiger partial charge in [-0.15, -0.1) is 11.8 Å². The van der Waals surface area contributed by atoms with E-state index in [0.29, 0.717) is 5.69 Å². The highest BCUT2D eigenvalue weighted by Crippen LogP contribution is 2.26. The van der Waals surface area contributed by atoms with Crippen molar-refractivity contribution in [2.45, 2.75) is 4.90 Å². The van der Waals surface area contributed by atoms with Crippen LogP contribution in [-0.2, 0) is 0 Å². The summed E-state index contributed by atoms with van der Waals surface area (Å²) in [6.45, 7) is 0. The molecule has 2 amide bonds. The number of halogens is 1. The maximum Gasteiger partial charge on any atom is 0.323 e. The van der Waals surface area contributed by atoms with Gasteiger partial charge < -0.3 is 15.6 Å². The average Bonchev–Trinajstić information content (AvgIpc) is 3.11. The molecule has 28 heavy (non-hydrogen) atoms. The van der Waals surface area contributed by atoms with E-state index >= 15 is 0 Å². The number of amides is 2. The van der Waals surface area contributed by atoms with Gasteiger partial charge in [0, 0.05) is 32.9 Å². The fraction of sp³-hybridized carbons (Fsp3) is 0.0455. The lowest BCUT2D eigenvalue weighted by molar-refractivity contribution is 0.262. The number of nitrogens with one attached hydrogen (secondary N) is 3. The van der Waals surface area contributed by atoms with Crippen LogP contribution in [0.3, 0.4) is 0 Å². The normalized spacial score (nSPS) is 10.8. The smallest absolute Gasteiger partial charge is 0.323 e. The lowest BCUT2D eigenvalue weighted by Crippen LogP contribution is -2.19. The van der Waals surface area contributed by atoms with E-state index in [0.717, 1.165) is 32.7 Å². The summed E-state index contributed by atoms with van der Waals surface area (Å²) < 4.78 is 13.4. The molecule has 0 aliphatic heterocycles. The molecule has 6 heteroatoms. The summed E-state index contributed by atoms with van der Waals surface area (Å²) in [6, 6.07) is 21.4. The van der Waals surface area contributed by atoms with Crippen molar-refractivity contribution in [2.24, 2.45) is 0 Å². The molecule has 0 fully saturated rings. The second-order valence-corrected chi connectivity index (χ2v) is 7.18. The molecule has 1 heterocycles. The van der Waals surface area contributed by atoms with Gasteiger partial charge in [-0.3, -0.25) is 0 Å². The Morgan fingerprint density at radius 1 is 0.929 bits per heavy atom. The van der Waals surface area contributed by atoms with Crippen molar-refractivity contribution in [3.63, 3.8) is 0 Å². The lowest BCUT2D eigenvalue weighted by atomic mass is 10.1. The first-order valence-corrected chi connectivity index (χ1v) is 9.94. The quantitative estimate of drug-likeness (QED) is 0.356. The van der Waals surface area contributed by atoms with Gasteiger partial charge in [0.15, 0.2) is 0 Å². The monoisotopic (exact) mass is 391 g/mol. The molecular formula is C22H18FN3OS. The van der Waals surface area contributed by atoms with Crippen molar-refractivity contribution in [2.75, 3.05) is 16.9 Å². The average molecular weight is 391 g/mol. The molecule has 0 saturated carbocycles. The van der Waals surface area contributed by atoms with Crippen LogP contribution in [0.1, 0.15) is 0 Å². The van der Waals surface area contributed by atoms with Crippen LogP contribution in [0.2, 0.25) is 0 Å². The molecular weight excluding hydrogens is 373 g/mol. The molecule has 0 atom stereocenters. The van der Waals surface area contributed by atoms with Crippen molar-refractivity contribution in [3.8, 4) is 11.3 Å². The molecule has 3 N–H and O–H groups in total. The Balaban J connectivity index is 1.45. The van der Waals surface area contributed by atoms with Crippen LogP contribution >= 0.6 is 11.8 Å². The Labute approximate surface area is 166 Å². The van der Waals surface area contributed by atoms with E-state index < -0.39 is 0 Å². The minimum absolute atomic E-state index is 0.258. The molecule has 0 saturated heterocycles. The van der Waals surface area contributed by atoms with E-state index in [1.807, 2.05) is 60.9 Å². The minimum atomic E-state index is -0.299. The van der Waals surface area contributed by atoms with E-state index in [9.17, 15) is 9.18 Å². The molecule has 0 spiro atoms. The first-order valence-electron chi connectivity index (χ1n) is 8.71. The van der Waals surface area contributed by atoms with E-state index in [-0.39, 0.29) is 11.8 Å². The fourth-order valence-electron chi connectivity index (χ4n) is 2.99. The van der Waals surface area contributed by atoms with Crippen LogP contribution in [0, 0.1) is 5.82 Å². The van der Waals surface area contributed by atoms with Crippen molar-refractivity contribution in [1.82, 2.24) is 4.98 Å². The summed E-state index contributed by atoms with van der Waals surface area (Å²) in [5, 5.41) is 6.48. The lowest BCUT2D eigenvalue weighted by Gasteiger charge is -2.09. The summed E-state index contributed by atoms with van der Waals surface area (Å²) in [7, 11) is 0. The number of aromatic nitrogens is 1. The van der Waals surface area contributed by atoms with Crippen LogP contribution in [0.5, 0.6) is 0 Å². The third-order valence-electron chi connectivity index (χ3n) is 4.36. The highest BCUT2D eigenvalue weighted by Gasteiger charge is 2.06. The number of hydrogen-bond donors (Lipinski definition) is 3. The van der Waals surface area contributed by atoms with Crippen LogP contribution in [0.25, 0.3) is 22.2 Å². The summed E-state index contributed by atoms with van der Waals surface area (Å²) >= 11 is 1.62. The standard InChI is InChI=1S/C22H18FN3OS/c1-28-19-4-2-3-18(13-19)25-22(27)24-17-8-5-14(6-9-17)21-12-15-11-16(23)7-10-20(15)26-21/h2-13,26H,1H3,(H2,24,25,27). The van der Waals surface area contributed by atoms with Crippen molar-refractivity contribution in [1.29, 1.82) is 0 Å². The van der Waals surface area contributed by atoms with E-state index in [4.69, 9.17) is 0 Å². The number of hydrogen-bond acceptors (Lipinski definition) is 2. The maximum atomic E-state index is 13.4. The zero-order valence-corrected chi connectivity index (χ0v) is 15.9. The molecule has 0 aliphatic rings. The Morgan fingerprint density at radius 3 is 2.50 bits per heavy atom. The molecule has 4 nitrogen and oxygen atoms in total. The van der Waals surface area contributed by atoms with Gasteiger partial charge in [0.1, 0.15) is 5.82 Å². The molecule has 0 bridgehead atoms. The Morgan fingerprint density at radius 2 is 1.71 bits per heavy atom. The topological polar surface area (TPSA) is 56.9 Å². The van der Waals surface area contributed by atoms with Crippen molar-refractivity contribution in [3.05, 3.63) is 78.6 Å². The number of aromatic amines is 1. The number of rotatable bonds is 4. The van der Waals surface area contributed by atoms with Gasteiger partial charge in [-0.2, -0.15) is 0 Å². The zero-order valence-electron chi connectivity index (χ0n) is 15.1. The van der Waals surface area contributed by atoms with Gasteiger partial charge in [0.25, 0.3) is 0 Å². The van der Waals surface area contributed by atoms with E-state index in [1.165, 1.54) is 12.1 Å². The number of fused-ring (bicyclic) bond motifs is 1. The van der Waals surface area contributed by atoms with E-state index in [2.05, 4.69) is 15.6 Å².